The Bertz CT molecular complexity index is 910. The third-order valence-corrected chi connectivity index (χ3v) is 3.64. The first-order chi connectivity index (χ1) is 12.8. The van der Waals surface area contributed by atoms with E-state index in [1.165, 1.54) is 42.5 Å². The molecule has 0 aromatic heterocycles. The van der Waals surface area contributed by atoms with Crippen LogP contribution < -0.4 is 0 Å². The van der Waals surface area contributed by atoms with E-state index in [0.29, 0.717) is 0 Å². The number of carboxylic acids is 1. The molecule has 0 fully saturated rings. The van der Waals surface area contributed by atoms with E-state index in [0.717, 1.165) is 0 Å². The van der Waals surface area contributed by atoms with E-state index in [1.807, 2.05) is 0 Å². The normalized spacial score (nSPS) is 10.2. The topological polar surface area (TPSA) is 150 Å². The van der Waals surface area contributed by atoms with Gasteiger partial charge >= 0.3 is 11.9 Å². The van der Waals surface area contributed by atoms with Crippen LogP contribution in [0.3, 0.4) is 0 Å². The summed E-state index contributed by atoms with van der Waals surface area (Å²) in [6, 6.07) is 9.75. The molecule has 2 aromatic rings. The molecule has 10 nitrogen and oxygen atoms in total. The summed E-state index contributed by atoms with van der Waals surface area (Å²) in [5, 5.41) is 31.1. The number of nitro groups is 2. The van der Waals surface area contributed by atoms with Crippen molar-refractivity contribution < 1.29 is 29.3 Å². The summed E-state index contributed by atoms with van der Waals surface area (Å²) >= 11 is 0. The molecule has 0 heterocycles. The Morgan fingerprint density at radius 1 is 0.889 bits per heavy atom. The number of rotatable bonds is 8. The van der Waals surface area contributed by atoms with Crippen LogP contribution in [0, 0.1) is 20.2 Å². The summed E-state index contributed by atoms with van der Waals surface area (Å²) in [6.07, 6.45) is -0.923. The molecule has 0 radical (unpaired) electrons. The van der Waals surface area contributed by atoms with Gasteiger partial charge in [0.05, 0.1) is 28.3 Å². The fourth-order valence-corrected chi connectivity index (χ4v) is 2.50. The number of ether oxygens (including phenoxy) is 1. The van der Waals surface area contributed by atoms with Crippen molar-refractivity contribution in [2.45, 2.75) is 19.4 Å². The Labute approximate surface area is 152 Å². The Morgan fingerprint density at radius 2 is 1.52 bits per heavy atom. The average Bonchev–Trinajstić information content (AvgIpc) is 2.59. The zero-order valence-corrected chi connectivity index (χ0v) is 13.9. The molecule has 0 aliphatic rings. The number of carbonyl (C=O) groups is 2. The van der Waals surface area contributed by atoms with Gasteiger partial charge in [0, 0.05) is 17.2 Å². The van der Waals surface area contributed by atoms with Crippen molar-refractivity contribution in [2.24, 2.45) is 0 Å². The predicted molar refractivity (Wildman–Crippen MR) is 91.0 cm³/mol. The van der Waals surface area contributed by atoms with E-state index >= 15 is 0 Å². The fraction of sp³-hybridized carbons (Fsp3) is 0.176. The van der Waals surface area contributed by atoms with Crippen molar-refractivity contribution in [1.29, 1.82) is 0 Å². The Balaban J connectivity index is 2.15. The lowest BCUT2D eigenvalue weighted by atomic mass is 10.0. The van der Waals surface area contributed by atoms with Crippen LogP contribution in [0.2, 0.25) is 0 Å². The molecule has 0 amide bonds. The molecule has 1 N–H and O–H groups in total. The van der Waals surface area contributed by atoms with Gasteiger partial charge in [-0.25, -0.2) is 0 Å². The summed E-state index contributed by atoms with van der Waals surface area (Å²) in [6.45, 7) is -0.455. The van der Waals surface area contributed by atoms with E-state index in [-0.39, 0.29) is 28.8 Å². The zero-order chi connectivity index (χ0) is 20.0. The minimum atomic E-state index is -1.23. The van der Waals surface area contributed by atoms with Crippen LogP contribution in [0.1, 0.15) is 16.7 Å². The van der Waals surface area contributed by atoms with Gasteiger partial charge in [0.15, 0.2) is 0 Å². The largest absolute Gasteiger partial charge is 0.481 e. The van der Waals surface area contributed by atoms with Crippen LogP contribution in [0.5, 0.6) is 0 Å². The maximum Gasteiger partial charge on any atom is 0.310 e. The van der Waals surface area contributed by atoms with Crippen molar-refractivity contribution in [3.63, 3.8) is 0 Å². The molecule has 0 saturated carbocycles. The molecule has 27 heavy (non-hydrogen) atoms. The first-order valence-electron chi connectivity index (χ1n) is 7.64. The standard InChI is InChI=1S/C17H14N2O8/c20-15(21)8-12-5-3-6-13(17(12)19(25)26)10-27-16(22)9-11-4-1-2-7-14(11)18(23)24/h1-7H,8-10H2,(H,20,21). The molecule has 0 aliphatic carbocycles. The molecular weight excluding hydrogens is 360 g/mol. The second kappa shape index (κ2) is 8.52. The number of carboxylic acid groups (broad SMARTS) is 1. The van der Waals surface area contributed by atoms with Crippen molar-refractivity contribution in [2.75, 3.05) is 0 Å². The summed E-state index contributed by atoms with van der Waals surface area (Å²) in [7, 11) is 0. The second-order valence-electron chi connectivity index (χ2n) is 5.48. The van der Waals surface area contributed by atoms with Gasteiger partial charge in [-0.05, 0) is 6.07 Å². The summed E-state index contributed by atoms with van der Waals surface area (Å²) in [5.41, 5.74) is -0.488. The third-order valence-electron chi connectivity index (χ3n) is 3.64. The third kappa shape index (κ3) is 5.08. The molecule has 10 heteroatoms. The van der Waals surface area contributed by atoms with E-state index in [1.54, 1.807) is 0 Å². The second-order valence-corrected chi connectivity index (χ2v) is 5.48. The number of aliphatic carboxylic acids is 1. The van der Waals surface area contributed by atoms with E-state index in [4.69, 9.17) is 9.84 Å². The highest BCUT2D eigenvalue weighted by atomic mass is 16.6. The van der Waals surface area contributed by atoms with Crippen LogP contribution in [0.25, 0.3) is 0 Å². The maximum absolute atomic E-state index is 12.0. The SMILES string of the molecule is O=C(O)Cc1cccc(COC(=O)Cc2ccccc2[N+](=O)[O-])c1[N+](=O)[O-]. The minimum Gasteiger partial charge on any atom is -0.481 e. The van der Waals surface area contributed by atoms with Gasteiger partial charge < -0.3 is 9.84 Å². The summed E-state index contributed by atoms with van der Waals surface area (Å²) < 4.78 is 5.00. The van der Waals surface area contributed by atoms with Crippen molar-refractivity contribution in [1.82, 2.24) is 0 Å². The van der Waals surface area contributed by atoms with Crippen molar-refractivity contribution in [3.05, 3.63) is 79.4 Å². The number of nitrogens with zero attached hydrogens (tertiary/aromatic N) is 2. The first-order valence-corrected chi connectivity index (χ1v) is 7.64. The molecule has 0 saturated heterocycles. The summed E-state index contributed by atoms with van der Waals surface area (Å²) in [4.78, 5) is 43.7. The van der Waals surface area contributed by atoms with Crippen LogP contribution in [-0.4, -0.2) is 26.9 Å². The van der Waals surface area contributed by atoms with Crippen molar-refractivity contribution >= 4 is 23.3 Å². The number of esters is 1. The Hall–Kier alpha value is -3.82. The molecule has 0 atom stereocenters. The molecule has 0 spiro atoms. The van der Waals surface area contributed by atoms with Crippen LogP contribution in [-0.2, 0) is 33.8 Å². The molecule has 2 aromatic carbocycles. The predicted octanol–water partition coefficient (Wildman–Crippen LogP) is 2.42. The first kappa shape index (κ1) is 19.5. The minimum absolute atomic E-state index is 0.0141. The lowest BCUT2D eigenvalue weighted by molar-refractivity contribution is -0.386. The molecule has 0 bridgehead atoms. The number of para-hydroxylation sites is 2. The average molecular weight is 374 g/mol. The van der Waals surface area contributed by atoms with Gasteiger partial charge in [0.2, 0.25) is 0 Å². The lowest BCUT2D eigenvalue weighted by Gasteiger charge is -2.08. The van der Waals surface area contributed by atoms with Gasteiger partial charge in [-0.15, -0.1) is 0 Å². The summed E-state index contributed by atoms with van der Waals surface area (Å²) in [5.74, 6) is -2.04. The number of hydrogen-bond acceptors (Lipinski definition) is 7. The number of carbonyl (C=O) groups excluding carboxylic acids is 1. The quantitative estimate of drug-likeness (QED) is 0.420. The highest BCUT2D eigenvalue weighted by Crippen LogP contribution is 2.25. The molecule has 140 valence electrons. The van der Waals surface area contributed by atoms with Gasteiger partial charge in [0.1, 0.15) is 6.61 Å². The number of nitro benzene ring substituents is 2. The molecule has 2 rings (SSSR count). The van der Waals surface area contributed by atoms with Crippen LogP contribution in [0.15, 0.2) is 42.5 Å². The van der Waals surface area contributed by atoms with Gasteiger partial charge in [-0.2, -0.15) is 0 Å². The number of benzene rings is 2. The lowest BCUT2D eigenvalue weighted by Crippen LogP contribution is -2.11. The Kier molecular flexibility index (Phi) is 6.15. The van der Waals surface area contributed by atoms with E-state index < -0.39 is 40.5 Å². The van der Waals surface area contributed by atoms with Crippen LogP contribution in [0.4, 0.5) is 11.4 Å². The van der Waals surface area contributed by atoms with Gasteiger partial charge in [-0.3, -0.25) is 29.8 Å². The monoisotopic (exact) mass is 374 g/mol. The Morgan fingerprint density at radius 3 is 2.15 bits per heavy atom. The smallest absolute Gasteiger partial charge is 0.310 e. The van der Waals surface area contributed by atoms with Gasteiger partial charge in [0.25, 0.3) is 11.4 Å². The molecule has 0 aliphatic heterocycles. The van der Waals surface area contributed by atoms with Crippen molar-refractivity contribution in [3.8, 4) is 0 Å². The van der Waals surface area contributed by atoms with Crippen LogP contribution >= 0.6 is 0 Å². The van der Waals surface area contributed by atoms with Gasteiger partial charge in [-0.1, -0.05) is 30.3 Å². The number of hydrogen-bond donors (Lipinski definition) is 1. The zero-order valence-electron chi connectivity index (χ0n) is 13.9. The highest BCUT2D eigenvalue weighted by Gasteiger charge is 2.22. The highest BCUT2D eigenvalue weighted by molar-refractivity contribution is 5.75. The maximum atomic E-state index is 12.0. The molecule has 0 unspecified atom stereocenters. The van der Waals surface area contributed by atoms with E-state index in [2.05, 4.69) is 0 Å². The molecular formula is C17H14N2O8. The van der Waals surface area contributed by atoms with E-state index in [9.17, 15) is 29.8 Å². The fourth-order valence-electron chi connectivity index (χ4n) is 2.50.